The Morgan fingerprint density at radius 1 is 1.36 bits per heavy atom. The smallest absolute Gasteiger partial charge is 0.221 e. The fourth-order valence-corrected chi connectivity index (χ4v) is 2.42. The van der Waals surface area contributed by atoms with Crippen molar-refractivity contribution in [2.75, 3.05) is 0 Å². The van der Waals surface area contributed by atoms with Crippen LogP contribution in [0.2, 0.25) is 5.15 Å². The molecule has 0 fully saturated rings. The molecule has 0 radical (unpaired) electrons. The zero-order chi connectivity index (χ0) is 15.7. The first-order valence-electron chi connectivity index (χ1n) is 6.58. The molecule has 0 saturated heterocycles. The van der Waals surface area contributed by atoms with Crippen molar-refractivity contribution in [1.29, 1.82) is 0 Å². The van der Waals surface area contributed by atoms with E-state index in [1.165, 1.54) is 10.8 Å². The first-order chi connectivity index (χ1) is 10.5. The highest BCUT2D eigenvalue weighted by Gasteiger charge is 2.08. The zero-order valence-electron chi connectivity index (χ0n) is 11.8. The topological polar surface area (TPSA) is 82.5 Å². The maximum absolute atomic E-state index is 11.0. The lowest BCUT2D eigenvalue weighted by molar-refractivity contribution is -0.117. The Morgan fingerprint density at radius 2 is 2.18 bits per heavy atom. The molecule has 2 aromatic heterocycles. The van der Waals surface area contributed by atoms with Gasteiger partial charge >= 0.3 is 0 Å². The number of fused-ring (bicyclic) bond motifs is 1. The van der Waals surface area contributed by atoms with E-state index in [4.69, 9.17) is 22.1 Å². The molecule has 3 rings (SSSR count). The minimum absolute atomic E-state index is 0.207. The van der Waals surface area contributed by atoms with Crippen molar-refractivity contribution in [1.82, 2.24) is 14.6 Å². The summed E-state index contributed by atoms with van der Waals surface area (Å²) in [5.74, 6) is 0.876. The summed E-state index contributed by atoms with van der Waals surface area (Å²) in [7, 11) is 0. The Balaban J connectivity index is 1.89. The molecule has 0 saturated carbocycles. The minimum Gasteiger partial charge on any atom is -0.457 e. The van der Waals surface area contributed by atoms with Crippen LogP contribution in [-0.2, 0) is 11.2 Å². The lowest BCUT2D eigenvalue weighted by atomic mass is 10.1. The number of amides is 1. The second-order valence-corrected chi connectivity index (χ2v) is 5.28. The number of ether oxygens (including phenoxy) is 1. The van der Waals surface area contributed by atoms with E-state index in [0.29, 0.717) is 22.3 Å². The summed E-state index contributed by atoms with van der Waals surface area (Å²) in [5.41, 5.74) is 7.55. The van der Waals surface area contributed by atoms with Gasteiger partial charge in [0.25, 0.3) is 0 Å². The summed E-state index contributed by atoms with van der Waals surface area (Å²) >= 11 is 6.12. The van der Waals surface area contributed by atoms with Crippen molar-refractivity contribution in [3.05, 3.63) is 52.9 Å². The van der Waals surface area contributed by atoms with Gasteiger partial charge in [-0.1, -0.05) is 23.7 Å². The summed E-state index contributed by atoms with van der Waals surface area (Å²) in [6, 6.07) is 8.90. The van der Waals surface area contributed by atoms with Gasteiger partial charge in [0.05, 0.1) is 6.42 Å². The molecule has 0 aliphatic carbocycles. The molecule has 0 bridgehead atoms. The van der Waals surface area contributed by atoms with Crippen LogP contribution in [0, 0.1) is 6.92 Å². The van der Waals surface area contributed by atoms with Crippen molar-refractivity contribution < 1.29 is 9.53 Å². The third kappa shape index (κ3) is 2.87. The Morgan fingerprint density at radius 3 is 2.91 bits per heavy atom. The van der Waals surface area contributed by atoms with Gasteiger partial charge in [0.1, 0.15) is 23.0 Å². The van der Waals surface area contributed by atoms with Crippen molar-refractivity contribution in [2.45, 2.75) is 13.3 Å². The average molecular weight is 317 g/mol. The third-order valence-electron chi connectivity index (χ3n) is 3.15. The maximum atomic E-state index is 11.0. The van der Waals surface area contributed by atoms with E-state index >= 15 is 0 Å². The number of pyridine rings is 1. The molecular formula is C15H13ClN4O2. The number of aromatic nitrogens is 3. The van der Waals surface area contributed by atoms with Crippen molar-refractivity contribution in [3.8, 4) is 11.5 Å². The van der Waals surface area contributed by atoms with Gasteiger partial charge in [-0.25, -0.2) is 9.50 Å². The van der Waals surface area contributed by atoms with E-state index in [1.807, 2.05) is 19.1 Å². The van der Waals surface area contributed by atoms with Crippen LogP contribution in [0.25, 0.3) is 5.65 Å². The predicted molar refractivity (Wildman–Crippen MR) is 82.1 cm³/mol. The minimum atomic E-state index is -0.364. The van der Waals surface area contributed by atoms with Crippen LogP contribution >= 0.6 is 11.6 Å². The molecule has 0 spiro atoms. The molecule has 7 heteroatoms. The number of benzene rings is 1. The molecule has 2 N–H and O–H groups in total. The normalized spacial score (nSPS) is 10.8. The lowest BCUT2D eigenvalue weighted by Gasteiger charge is -2.10. The van der Waals surface area contributed by atoms with Gasteiger partial charge in [-0.3, -0.25) is 4.79 Å². The average Bonchev–Trinajstić information content (AvgIpc) is 2.90. The number of hydrogen-bond acceptors (Lipinski definition) is 4. The fraction of sp³-hybridized carbons (Fsp3) is 0.133. The molecule has 1 aromatic carbocycles. The van der Waals surface area contributed by atoms with Crippen LogP contribution in [0.4, 0.5) is 0 Å². The van der Waals surface area contributed by atoms with Gasteiger partial charge in [-0.05, 0) is 24.1 Å². The SMILES string of the molecule is Cc1cc(CC(N)=O)ccc1Oc1cc(Cl)n2ncnc2c1. The van der Waals surface area contributed by atoms with E-state index < -0.39 is 0 Å². The van der Waals surface area contributed by atoms with E-state index in [1.54, 1.807) is 18.2 Å². The number of aryl methyl sites for hydroxylation is 1. The number of nitrogens with zero attached hydrogens (tertiary/aromatic N) is 3. The Hall–Kier alpha value is -2.60. The van der Waals surface area contributed by atoms with Gasteiger partial charge in [0.2, 0.25) is 5.91 Å². The van der Waals surface area contributed by atoms with E-state index in [9.17, 15) is 4.79 Å². The quantitative estimate of drug-likeness (QED) is 0.750. The first kappa shape index (κ1) is 14.3. The summed E-state index contributed by atoms with van der Waals surface area (Å²) in [6.45, 7) is 1.90. The molecule has 0 atom stereocenters. The first-order valence-corrected chi connectivity index (χ1v) is 6.96. The molecule has 3 aromatic rings. The molecule has 6 nitrogen and oxygen atoms in total. The number of halogens is 1. The van der Waals surface area contributed by atoms with E-state index in [2.05, 4.69) is 10.1 Å². The predicted octanol–water partition coefficient (Wildman–Crippen LogP) is 2.51. The van der Waals surface area contributed by atoms with Crippen LogP contribution in [0.5, 0.6) is 11.5 Å². The zero-order valence-corrected chi connectivity index (χ0v) is 12.5. The molecule has 22 heavy (non-hydrogen) atoms. The van der Waals surface area contributed by atoms with Crippen molar-refractivity contribution >= 4 is 23.2 Å². The Bertz CT molecular complexity index is 860. The number of carbonyl (C=O) groups is 1. The van der Waals surface area contributed by atoms with Gasteiger partial charge in [0, 0.05) is 12.1 Å². The number of primary amides is 1. The molecule has 0 aliphatic rings. The molecule has 0 unspecified atom stereocenters. The highest BCUT2D eigenvalue weighted by atomic mass is 35.5. The number of rotatable bonds is 4. The number of carbonyl (C=O) groups excluding carboxylic acids is 1. The largest absolute Gasteiger partial charge is 0.457 e. The highest BCUT2D eigenvalue weighted by molar-refractivity contribution is 6.29. The van der Waals surface area contributed by atoms with Gasteiger partial charge in [-0.15, -0.1) is 0 Å². The van der Waals surface area contributed by atoms with Crippen molar-refractivity contribution in [2.24, 2.45) is 5.73 Å². The monoisotopic (exact) mass is 316 g/mol. The Kier molecular flexibility index (Phi) is 3.68. The number of hydrogen-bond donors (Lipinski definition) is 1. The van der Waals surface area contributed by atoms with Crippen LogP contribution in [0.1, 0.15) is 11.1 Å². The summed E-state index contributed by atoms with van der Waals surface area (Å²) in [6.07, 6.45) is 1.63. The van der Waals surface area contributed by atoms with Crippen LogP contribution in [0.15, 0.2) is 36.7 Å². The van der Waals surface area contributed by atoms with E-state index in [0.717, 1.165) is 11.1 Å². The fourth-order valence-electron chi connectivity index (χ4n) is 2.18. The van der Waals surface area contributed by atoms with Crippen LogP contribution in [-0.4, -0.2) is 20.5 Å². The Labute approximate surface area is 131 Å². The molecule has 1 amide bonds. The molecular weight excluding hydrogens is 304 g/mol. The van der Waals surface area contributed by atoms with Gasteiger partial charge < -0.3 is 10.5 Å². The van der Waals surface area contributed by atoms with Gasteiger partial charge in [-0.2, -0.15) is 5.10 Å². The summed E-state index contributed by atoms with van der Waals surface area (Å²) in [5, 5.41) is 4.41. The summed E-state index contributed by atoms with van der Waals surface area (Å²) in [4.78, 5) is 15.0. The van der Waals surface area contributed by atoms with Crippen LogP contribution < -0.4 is 10.5 Å². The maximum Gasteiger partial charge on any atom is 0.221 e. The second-order valence-electron chi connectivity index (χ2n) is 4.89. The van der Waals surface area contributed by atoms with Gasteiger partial charge in [0.15, 0.2) is 5.65 Å². The molecule has 0 aliphatic heterocycles. The molecule has 112 valence electrons. The van der Waals surface area contributed by atoms with Crippen LogP contribution in [0.3, 0.4) is 0 Å². The van der Waals surface area contributed by atoms with E-state index in [-0.39, 0.29) is 12.3 Å². The van der Waals surface area contributed by atoms with Crippen molar-refractivity contribution in [3.63, 3.8) is 0 Å². The third-order valence-corrected chi connectivity index (χ3v) is 3.42. The number of nitrogens with two attached hydrogens (primary N) is 1. The standard InChI is InChI=1S/C15H13ClN4O2/c1-9-4-10(5-14(17)21)2-3-12(9)22-11-6-13(16)20-15(7-11)18-8-19-20/h2-4,6-8H,5H2,1H3,(H2,17,21). The summed E-state index contributed by atoms with van der Waals surface area (Å²) < 4.78 is 7.36. The second kappa shape index (κ2) is 5.65. The molecule has 2 heterocycles. The lowest BCUT2D eigenvalue weighted by Crippen LogP contribution is -2.13. The highest BCUT2D eigenvalue weighted by Crippen LogP contribution is 2.28.